The summed E-state index contributed by atoms with van der Waals surface area (Å²) in [5, 5.41) is 5.11. The van der Waals surface area contributed by atoms with Crippen LogP contribution >= 0.6 is 11.3 Å². The van der Waals surface area contributed by atoms with Crippen molar-refractivity contribution in [3.63, 3.8) is 0 Å². The van der Waals surface area contributed by atoms with Gasteiger partial charge >= 0.3 is 0 Å². The average molecular weight is 310 g/mol. The normalized spacial score (nSPS) is 24.4. The van der Waals surface area contributed by atoms with Crippen molar-refractivity contribution in [2.45, 2.75) is 72.0 Å². The number of thiazole rings is 1. The molecular weight excluding hydrogens is 278 g/mol. The summed E-state index contributed by atoms with van der Waals surface area (Å²) in [4.78, 5) is 8.65. The van der Waals surface area contributed by atoms with E-state index in [4.69, 9.17) is 0 Å². The number of piperazine rings is 1. The molecule has 2 unspecified atom stereocenters. The Hall–Kier alpha value is -0.450. The second kappa shape index (κ2) is 6.76. The molecule has 0 radical (unpaired) electrons. The third kappa shape index (κ3) is 3.49. The van der Waals surface area contributed by atoms with Gasteiger partial charge in [-0.25, -0.2) is 4.98 Å². The molecular formula is C17H31N3S. The summed E-state index contributed by atoms with van der Waals surface area (Å²) in [6.07, 6.45) is 4.39. The van der Waals surface area contributed by atoms with Gasteiger partial charge in [-0.1, -0.05) is 27.7 Å². The van der Waals surface area contributed by atoms with Gasteiger partial charge in [-0.15, -0.1) is 11.3 Å². The minimum atomic E-state index is 0.270. The van der Waals surface area contributed by atoms with Gasteiger partial charge < -0.3 is 5.32 Å². The molecule has 1 saturated heterocycles. The Bertz CT molecular complexity index is 451. The Kier molecular flexibility index (Phi) is 5.44. The maximum absolute atomic E-state index is 4.64. The van der Waals surface area contributed by atoms with Gasteiger partial charge in [0.25, 0.3) is 0 Å². The molecule has 1 aromatic rings. The summed E-state index contributed by atoms with van der Waals surface area (Å²) >= 11 is 1.85. The van der Waals surface area contributed by atoms with E-state index in [-0.39, 0.29) is 5.54 Å². The Morgan fingerprint density at radius 1 is 1.38 bits per heavy atom. The summed E-state index contributed by atoms with van der Waals surface area (Å²) in [5.41, 5.74) is 0.270. The molecule has 2 rings (SSSR count). The molecule has 21 heavy (non-hydrogen) atoms. The molecule has 0 aromatic carbocycles. The van der Waals surface area contributed by atoms with Gasteiger partial charge in [0.15, 0.2) is 0 Å². The monoisotopic (exact) mass is 309 g/mol. The summed E-state index contributed by atoms with van der Waals surface area (Å²) in [5.74, 6) is 0.660. The quantitative estimate of drug-likeness (QED) is 0.891. The number of nitrogens with one attached hydrogen (secondary N) is 1. The number of rotatable bonds is 5. The lowest BCUT2D eigenvalue weighted by Crippen LogP contribution is -2.65. The van der Waals surface area contributed by atoms with E-state index in [0.29, 0.717) is 18.0 Å². The highest BCUT2D eigenvalue weighted by atomic mass is 32.1. The minimum absolute atomic E-state index is 0.270. The molecule has 1 aliphatic rings. The maximum atomic E-state index is 4.64. The van der Waals surface area contributed by atoms with Crippen LogP contribution in [0.4, 0.5) is 0 Å². The molecule has 0 amide bonds. The third-order valence-electron chi connectivity index (χ3n) is 5.21. The number of aryl methyl sites for hydroxylation is 1. The van der Waals surface area contributed by atoms with Crippen molar-refractivity contribution in [3.05, 3.63) is 16.1 Å². The van der Waals surface area contributed by atoms with Crippen molar-refractivity contribution in [2.24, 2.45) is 5.92 Å². The fraction of sp³-hybridized carbons (Fsp3) is 0.824. The van der Waals surface area contributed by atoms with E-state index in [2.05, 4.69) is 56.7 Å². The summed E-state index contributed by atoms with van der Waals surface area (Å²) in [7, 11) is 0. The fourth-order valence-electron chi connectivity index (χ4n) is 3.43. The Balaban J connectivity index is 2.25. The summed E-state index contributed by atoms with van der Waals surface area (Å²) in [6.45, 7) is 16.0. The lowest BCUT2D eigenvalue weighted by atomic mass is 9.85. The summed E-state index contributed by atoms with van der Waals surface area (Å²) < 4.78 is 0. The molecule has 1 fully saturated rings. The van der Waals surface area contributed by atoms with Gasteiger partial charge in [-0.2, -0.15) is 0 Å². The molecule has 0 spiro atoms. The van der Waals surface area contributed by atoms with Crippen LogP contribution in [0.15, 0.2) is 6.20 Å². The molecule has 1 N–H and O–H groups in total. The van der Waals surface area contributed by atoms with Crippen molar-refractivity contribution in [1.29, 1.82) is 0 Å². The van der Waals surface area contributed by atoms with Crippen molar-refractivity contribution in [3.8, 4) is 0 Å². The van der Waals surface area contributed by atoms with Crippen LogP contribution in [0.1, 0.15) is 63.4 Å². The number of hydrogen-bond acceptors (Lipinski definition) is 4. The topological polar surface area (TPSA) is 28.2 Å². The minimum Gasteiger partial charge on any atom is -0.308 e. The fourth-order valence-corrected chi connectivity index (χ4v) is 4.28. The standard InChI is InChI=1S/C17H31N3S/c1-7-17(8-2)11-20(15(10-19-17)12(3)4)14(6)16-18-9-13(5)21-16/h9,12,14-15,19H,7-8,10-11H2,1-6H3. The first-order chi connectivity index (χ1) is 9.92. The highest BCUT2D eigenvalue weighted by Crippen LogP contribution is 2.33. The molecule has 1 aliphatic heterocycles. The van der Waals surface area contributed by atoms with Crippen molar-refractivity contribution in [2.75, 3.05) is 13.1 Å². The SMILES string of the molecule is CCC1(CC)CN(C(C)c2ncc(C)s2)C(C(C)C)CN1. The maximum Gasteiger partial charge on any atom is 0.110 e. The van der Waals surface area contributed by atoms with Crippen LogP contribution in [0.25, 0.3) is 0 Å². The van der Waals surface area contributed by atoms with E-state index < -0.39 is 0 Å². The Morgan fingerprint density at radius 2 is 2.05 bits per heavy atom. The molecule has 120 valence electrons. The van der Waals surface area contributed by atoms with Gasteiger partial charge in [-0.3, -0.25) is 4.90 Å². The molecule has 1 aromatic heterocycles. The molecule has 4 heteroatoms. The second-order valence-electron chi connectivity index (χ2n) is 6.84. The van der Waals surface area contributed by atoms with E-state index in [1.807, 2.05) is 17.5 Å². The van der Waals surface area contributed by atoms with Crippen LogP contribution in [0.2, 0.25) is 0 Å². The zero-order valence-electron chi connectivity index (χ0n) is 14.4. The van der Waals surface area contributed by atoms with Crippen LogP contribution < -0.4 is 5.32 Å². The van der Waals surface area contributed by atoms with Crippen LogP contribution in [0.5, 0.6) is 0 Å². The highest BCUT2D eigenvalue weighted by molar-refractivity contribution is 7.11. The lowest BCUT2D eigenvalue weighted by Gasteiger charge is -2.50. The average Bonchev–Trinajstić information content (AvgIpc) is 2.92. The van der Waals surface area contributed by atoms with Crippen LogP contribution in [0, 0.1) is 12.8 Å². The Morgan fingerprint density at radius 3 is 2.52 bits per heavy atom. The van der Waals surface area contributed by atoms with Gasteiger partial charge in [0, 0.05) is 35.7 Å². The smallest absolute Gasteiger partial charge is 0.110 e. The first-order valence-electron chi connectivity index (χ1n) is 8.35. The van der Waals surface area contributed by atoms with E-state index in [1.165, 1.54) is 22.7 Å². The summed E-state index contributed by atoms with van der Waals surface area (Å²) in [6, 6.07) is 1.01. The molecule has 3 nitrogen and oxygen atoms in total. The van der Waals surface area contributed by atoms with Gasteiger partial charge in [-0.05, 0) is 32.6 Å². The van der Waals surface area contributed by atoms with Crippen LogP contribution in [-0.2, 0) is 0 Å². The predicted molar refractivity (Wildman–Crippen MR) is 91.9 cm³/mol. The van der Waals surface area contributed by atoms with E-state index in [1.54, 1.807) is 0 Å². The molecule has 0 aliphatic carbocycles. The zero-order valence-corrected chi connectivity index (χ0v) is 15.3. The molecule has 2 atom stereocenters. The van der Waals surface area contributed by atoms with Crippen molar-refractivity contribution in [1.82, 2.24) is 15.2 Å². The van der Waals surface area contributed by atoms with Crippen molar-refractivity contribution < 1.29 is 0 Å². The first-order valence-corrected chi connectivity index (χ1v) is 9.17. The van der Waals surface area contributed by atoms with Gasteiger partial charge in [0.2, 0.25) is 0 Å². The molecule has 0 bridgehead atoms. The number of hydrogen-bond donors (Lipinski definition) is 1. The largest absolute Gasteiger partial charge is 0.308 e. The lowest BCUT2D eigenvalue weighted by molar-refractivity contribution is 0.0213. The molecule has 2 heterocycles. The van der Waals surface area contributed by atoms with Gasteiger partial charge in [0.1, 0.15) is 5.01 Å². The van der Waals surface area contributed by atoms with E-state index in [9.17, 15) is 0 Å². The van der Waals surface area contributed by atoms with E-state index in [0.717, 1.165) is 13.1 Å². The van der Waals surface area contributed by atoms with Crippen LogP contribution in [0.3, 0.4) is 0 Å². The number of nitrogens with zero attached hydrogens (tertiary/aromatic N) is 2. The Labute approximate surface area is 134 Å². The molecule has 0 saturated carbocycles. The zero-order chi connectivity index (χ0) is 15.6. The second-order valence-corrected chi connectivity index (χ2v) is 8.10. The number of aromatic nitrogens is 1. The first kappa shape index (κ1) is 16.9. The highest BCUT2D eigenvalue weighted by Gasteiger charge is 2.40. The van der Waals surface area contributed by atoms with Crippen molar-refractivity contribution >= 4 is 11.3 Å². The van der Waals surface area contributed by atoms with E-state index >= 15 is 0 Å². The predicted octanol–water partition coefficient (Wildman–Crippen LogP) is 4.00. The van der Waals surface area contributed by atoms with Crippen LogP contribution in [-0.4, -0.2) is 34.6 Å². The third-order valence-corrected chi connectivity index (χ3v) is 6.30. The van der Waals surface area contributed by atoms with Gasteiger partial charge in [0.05, 0.1) is 6.04 Å².